The fraction of sp³-hybridized carbons (Fsp3) is 0.662. The molecule has 9 heteroatoms. The van der Waals surface area contributed by atoms with Crippen molar-refractivity contribution in [2.45, 2.75) is 239 Å². The topological polar surface area (TPSA) is 76.9 Å². The Morgan fingerprint density at radius 2 is 1.24 bits per heavy atom. The van der Waals surface area contributed by atoms with Crippen molar-refractivity contribution in [2.75, 3.05) is 44.2 Å². The van der Waals surface area contributed by atoms with Crippen LogP contribution in [0.3, 0.4) is 0 Å². The highest BCUT2D eigenvalue weighted by Gasteiger charge is 2.34. The lowest BCUT2D eigenvalue weighted by molar-refractivity contribution is -0.125. The maximum Gasteiger partial charge on any atom is 0.257 e. The predicted octanol–water partition coefficient (Wildman–Crippen LogP) is 16.7. The predicted molar refractivity (Wildman–Crippen MR) is 322 cm³/mol. The fourth-order valence-corrected chi connectivity index (χ4v) is 11.1. The number of nitrogens with zero attached hydrogens (tertiary/aromatic N) is 4. The Morgan fingerprint density at radius 3 is 1.77 bits per heavy atom. The molecule has 2 N–H and O–H groups in total. The van der Waals surface area contributed by atoms with Gasteiger partial charge in [-0.05, 0) is 118 Å². The lowest BCUT2D eigenvalue weighted by Gasteiger charge is -2.40. The third-order valence-corrected chi connectivity index (χ3v) is 15.7. The van der Waals surface area contributed by atoms with Gasteiger partial charge in [0.05, 0.1) is 6.04 Å². The molecule has 0 spiro atoms. The third kappa shape index (κ3) is 24.1. The number of benzene rings is 3. The van der Waals surface area contributed by atoms with Crippen LogP contribution in [0.4, 0.5) is 5.69 Å². The average Bonchev–Trinajstić information content (AvgIpc) is 3.81. The number of amides is 1. The van der Waals surface area contributed by atoms with E-state index >= 15 is 0 Å². The van der Waals surface area contributed by atoms with Crippen LogP contribution in [0.5, 0.6) is 0 Å². The summed E-state index contributed by atoms with van der Waals surface area (Å²) in [5.74, 6) is 1.86. The first-order chi connectivity index (χ1) is 35.6. The molecule has 2 aliphatic heterocycles. The minimum atomic E-state index is 0.0572. The number of hydrogen-bond donors (Lipinski definition) is 2. The Hall–Kier alpha value is -3.63. The van der Waals surface area contributed by atoms with Crippen LogP contribution in [0.15, 0.2) is 94.6 Å². The van der Waals surface area contributed by atoms with E-state index in [-0.39, 0.29) is 22.7 Å². The quantitative estimate of drug-likeness (QED) is 0.0596. The number of rotatable bonds is 22. The summed E-state index contributed by atoms with van der Waals surface area (Å²) in [6, 6.07) is 31.5. The molecule has 0 unspecified atom stereocenters. The van der Waals surface area contributed by atoms with Crippen LogP contribution in [0.25, 0.3) is 22.6 Å². The van der Waals surface area contributed by atoms with E-state index in [1.165, 1.54) is 147 Å². The molecule has 3 aromatic carbocycles. The highest BCUT2D eigenvalue weighted by atomic mass is 32.2. The van der Waals surface area contributed by atoms with Gasteiger partial charge < -0.3 is 24.9 Å². The number of nitrogens with one attached hydrogen (secondary N) is 2. The van der Waals surface area contributed by atoms with Gasteiger partial charge in [0, 0.05) is 71.9 Å². The van der Waals surface area contributed by atoms with Gasteiger partial charge in [-0.25, -0.2) is 4.98 Å². The minimum absolute atomic E-state index is 0.0572. The Labute approximate surface area is 457 Å². The average molecular weight is 1040 g/mol. The number of carbonyl (C=O) groups excluding carboxylic acids is 1. The highest BCUT2D eigenvalue weighted by Crippen LogP contribution is 2.39. The van der Waals surface area contributed by atoms with Crippen LogP contribution in [-0.4, -0.2) is 94.9 Å². The zero-order valence-electron chi connectivity index (χ0n) is 49.0. The van der Waals surface area contributed by atoms with Crippen LogP contribution < -0.4 is 15.5 Å². The summed E-state index contributed by atoms with van der Waals surface area (Å²) in [7, 11) is 0. The normalized spacial score (nSPS) is 18.0. The molecule has 1 aromatic heterocycles. The van der Waals surface area contributed by atoms with Crippen molar-refractivity contribution in [1.29, 1.82) is 0 Å². The summed E-state index contributed by atoms with van der Waals surface area (Å²) < 4.78 is 6.15. The SMILES string of the molecule is CC(C)(C)Sc1nc(-c2ccccc2)c(-c2ccccc2)o1.CC(C)NC(=O)[C@H]1CC[C@H]2CCCC[C@H]2N1.CCCCCCCCN(CCCCCCCC)C(C)C.Cc1ccc(N2CCN(C(C)C)CC2)cc1. The molecule has 3 aliphatic rings. The zero-order valence-corrected chi connectivity index (χ0v) is 49.8. The first kappa shape index (κ1) is 62.9. The van der Waals surface area contributed by atoms with Crippen LogP contribution in [0.2, 0.25) is 0 Å². The van der Waals surface area contributed by atoms with Gasteiger partial charge in [0.1, 0.15) is 5.69 Å². The lowest BCUT2D eigenvalue weighted by atomic mass is 9.77. The largest absolute Gasteiger partial charge is 0.431 e. The molecule has 2 saturated heterocycles. The van der Waals surface area contributed by atoms with E-state index in [1.54, 1.807) is 11.8 Å². The number of piperidine rings is 1. The zero-order chi connectivity index (χ0) is 53.7. The van der Waals surface area contributed by atoms with Crippen molar-refractivity contribution < 1.29 is 9.21 Å². The molecule has 8 nitrogen and oxygen atoms in total. The second-order valence-corrected chi connectivity index (χ2v) is 25.1. The van der Waals surface area contributed by atoms with E-state index in [0.717, 1.165) is 54.1 Å². The first-order valence-corrected chi connectivity index (χ1v) is 30.6. The summed E-state index contributed by atoms with van der Waals surface area (Å²) in [6.07, 6.45) is 24.6. The van der Waals surface area contributed by atoms with E-state index in [1.807, 2.05) is 50.2 Å². The maximum absolute atomic E-state index is 11.9. The Morgan fingerprint density at radius 1 is 0.703 bits per heavy atom. The van der Waals surface area contributed by atoms with Gasteiger partial charge in [-0.1, -0.05) is 202 Å². The van der Waals surface area contributed by atoms with Crippen LogP contribution in [0, 0.1) is 12.8 Å². The van der Waals surface area contributed by atoms with Gasteiger partial charge in [-0.15, -0.1) is 0 Å². The Balaban J connectivity index is 0.000000216. The van der Waals surface area contributed by atoms with E-state index in [2.05, 4.69) is 143 Å². The fourth-order valence-electron chi connectivity index (χ4n) is 10.3. The molecule has 0 bridgehead atoms. The summed E-state index contributed by atoms with van der Waals surface area (Å²) in [5, 5.41) is 7.27. The van der Waals surface area contributed by atoms with Gasteiger partial charge in [0.15, 0.2) is 5.76 Å². The monoisotopic (exact) mass is 1030 g/mol. The smallest absolute Gasteiger partial charge is 0.257 e. The molecule has 3 atom stereocenters. The molecule has 414 valence electrons. The molecule has 4 aromatic rings. The van der Waals surface area contributed by atoms with Crippen molar-refractivity contribution in [3.05, 3.63) is 90.5 Å². The number of piperazine rings is 1. The van der Waals surface area contributed by atoms with Gasteiger partial charge in [0.25, 0.3) is 5.22 Å². The van der Waals surface area contributed by atoms with Crippen molar-refractivity contribution in [3.63, 3.8) is 0 Å². The van der Waals surface area contributed by atoms with Gasteiger partial charge >= 0.3 is 0 Å². The maximum atomic E-state index is 11.9. The Bertz CT molecular complexity index is 1970. The van der Waals surface area contributed by atoms with Gasteiger partial charge in [0.2, 0.25) is 5.91 Å². The molecule has 1 aliphatic carbocycles. The molecule has 3 heterocycles. The molecule has 1 saturated carbocycles. The summed E-state index contributed by atoms with van der Waals surface area (Å²) in [6.45, 7) is 33.8. The number of hydrogen-bond acceptors (Lipinski definition) is 8. The van der Waals surface area contributed by atoms with E-state index in [9.17, 15) is 4.79 Å². The second kappa shape index (κ2) is 34.9. The summed E-state index contributed by atoms with van der Waals surface area (Å²) in [5.41, 5.74) is 5.73. The number of aromatic nitrogens is 1. The molecular weight excluding hydrogens is 929 g/mol. The third-order valence-electron chi connectivity index (χ3n) is 14.8. The summed E-state index contributed by atoms with van der Waals surface area (Å²) >= 11 is 1.65. The number of oxazole rings is 1. The molecular formula is C65H106N6O2S. The molecule has 74 heavy (non-hydrogen) atoms. The van der Waals surface area contributed by atoms with E-state index in [0.29, 0.717) is 17.3 Å². The number of aryl methyl sites for hydroxylation is 1. The Kier molecular flexibility index (Phi) is 29.7. The second-order valence-electron chi connectivity index (χ2n) is 23.3. The molecule has 3 fully saturated rings. The summed E-state index contributed by atoms with van der Waals surface area (Å²) in [4.78, 5) is 24.4. The number of thioether (sulfide) groups is 1. The highest BCUT2D eigenvalue weighted by molar-refractivity contribution is 8.00. The van der Waals surface area contributed by atoms with Crippen molar-refractivity contribution >= 4 is 23.4 Å². The molecule has 1 amide bonds. The first-order valence-electron chi connectivity index (χ1n) is 29.7. The van der Waals surface area contributed by atoms with Crippen LogP contribution in [-0.2, 0) is 4.79 Å². The number of fused-ring (bicyclic) bond motifs is 1. The van der Waals surface area contributed by atoms with Gasteiger partial charge in [-0.3, -0.25) is 9.69 Å². The van der Waals surface area contributed by atoms with Crippen LogP contribution >= 0.6 is 11.8 Å². The van der Waals surface area contributed by atoms with Crippen molar-refractivity contribution in [3.8, 4) is 22.6 Å². The van der Waals surface area contributed by atoms with E-state index < -0.39 is 0 Å². The molecule has 7 rings (SSSR count). The standard InChI is InChI=1S/C19H19NOS.C19H41N.C14H22N2.C13H24N2O/c1-19(2,3)22-18-20-16(14-10-6-4-7-11-14)17(21-18)15-12-8-5-9-13-15;1-5-7-9-11-13-15-17-20(19(3)4)18-16-14-12-10-8-6-2;1-12(2)15-8-10-16(11-9-15)14-6-4-13(3)5-7-14;1-9(2)14-13(16)12-8-7-10-5-3-4-6-11(10)15-12/h4-13H,1-3H3;19H,5-18H2,1-4H3;4-7,12H,8-11H2,1-3H3;9-12,15H,3-8H2,1-2H3,(H,14,16)/t;;;10-,11-,12-/m...1/s1. The van der Waals surface area contributed by atoms with E-state index in [4.69, 9.17) is 9.40 Å². The van der Waals surface area contributed by atoms with Gasteiger partial charge in [-0.2, -0.15) is 0 Å². The lowest BCUT2D eigenvalue weighted by Crippen LogP contribution is -2.55. The van der Waals surface area contributed by atoms with Crippen LogP contribution in [0.1, 0.15) is 197 Å². The van der Waals surface area contributed by atoms with Crippen molar-refractivity contribution in [1.82, 2.24) is 25.4 Å². The van der Waals surface area contributed by atoms with Crippen molar-refractivity contribution in [2.24, 2.45) is 5.92 Å². The molecule has 0 radical (unpaired) electrons. The minimum Gasteiger partial charge on any atom is -0.431 e. The number of anilines is 1. The number of unbranched alkanes of at least 4 members (excludes halogenated alkanes) is 10. The number of carbonyl (C=O) groups is 1.